The summed E-state index contributed by atoms with van der Waals surface area (Å²) in [4.78, 5) is 58.9. The molecule has 2 aromatic carbocycles. The molecule has 0 bridgehead atoms. The van der Waals surface area contributed by atoms with Gasteiger partial charge in [-0.25, -0.2) is 4.39 Å². The molecule has 0 saturated carbocycles. The normalized spacial score (nSPS) is 17.7. The van der Waals surface area contributed by atoms with E-state index in [9.17, 15) is 23.6 Å². The molecule has 2 atom stereocenters. The van der Waals surface area contributed by atoms with Crippen molar-refractivity contribution in [2.45, 2.75) is 97.1 Å². The van der Waals surface area contributed by atoms with Crippen LogP contribution in [0.15, 0.2) is 77.9 Å². The number of nitrogens with zero attached hydrogens (tertiary/aromatic N) is 5. The Morgan fingerprint density at radius 1 is 0.925 bits per heavy atom. The summed E-state index contributed by atoms with van der Waals surface area (Å²) in [5, 5.41) is 8.69. The summed E-state index contributed by atoms with van der Waals surface area (Å²) in [6, 6.07) is 18.0. The van der Waals surface area contributed by atoms with Crippen LogP contribution in [0.2, 0.25) is 0 Å². The summed E-state index contributed by atoms with van der Waals surface area (Å²) >= 11 is 0. The van der Waals surface area contributed by atoms with Crippen LogP contribution in [0.25, 0.3) is 11.8 Å². The molecule has 14 heteroatoms. The van der Waals surface area contributed by atoms with Gasteiger partial charge in [0.25, 0.3) is 0 Å². The van der Waals surface area contributed by atoms with Gasteiger partial charge < -0.3 is 54.9 Å². The van der Waals surface area contributed by atoms with Gasteiger partial charge in [-0.2, -0.15) is 0 Å². The van der Waals surface area contributed by atoms with Crippen LogP contribution in [0, 0.1) is 31.4 Å². The van der Waals surface area contributed by atoms with E-state index in [1.54, 1.807) is 43.1 Å². The van der Waals surface area contributed by atoms with E-state index in [0.29, 0.717) is 30.1 Å². The maximum Gasteiger partial charge on any atom is 1.00 e. The number of aromatic nitrogens is 2. The molecule has 3 fully saturated rings. The molecular formula is C53H70FKN8O4-2. The first-order valence-corrected chi connectivity index (χ1v) is 23.5. The van der Waals surface area contributed by atoms with Crippen molar-refractivity contribution < 1.29 is 70.2 Å². The van der Waals surface area contributed by atoms with Crippen molar-refractivity contribution in [3.63, 3.8) is 0 Å². The quantitative estimate of drug-likeness (QED) is 0.0780. The number of amides is 1. The fourth-order valence-corrected chi connectivity index (χ4v) is 9.14. The van der Waals surface area contributed by atoms with Crippen LogP contribution in [0.1, 0.15) is 106 Å². The molecule has 356 valence electrons. The van der Waals surface area contributed by atoms with Gasteiger partial charge in [0.15, 0.2) is 11.6 Å². The van der Waals surface area contributed by atoms with E-state index in [2.05, 4.69) is 80.8 Å². The fraction of sp³-hybridized carbons (Fsp3) is 0.472. The number of carbonyl (C=O) groups excluding carboxylic acids is 3. The molecule has 0 spiro atoms. The zero-order chi connectivity index (χ0) is 46.3. The van der Waals surface area contributed by atoms with Crippen LogP contribution in [0.5, 0.6) is 0 Å². The molecule has 3 N–H and O–H groups in total. The topological polar surface area (TPSA) is 132 Å². The zero-order valence-corrected chi connectivity index (χ0v) is 44.0. The monoisotopic (exact) mass is 941 g/mol. The van der Waals surface area contributed by atoms with E-state index < -0.39 is 6.04 Å². The molecule has 3 aliphatic rings. The number of nitrogens with one attached hydrogen (secondary N) is 3. The number of piperidine rings is 1. The van der Waals surface area contributed by atoms with Crippen LogP contribution in [-0.4, -0.2) is 108 Å². The van der Waals surface area contributed by atoms with E-state index in [1.807, 2.05) is 36.4 Å². The molecule has 0 aliphatic carbocycles. The largest absolute Gasteiger partial charge is 1.00 e. The molecule has 2 unspecified atom stereocenters. The number of rotatable bonds is 16. The van der Waals surface area contributed by atoms with E-state index in [4.69, 9.17) is 0 Å². The number of benzene rings is 2. The van der Waals surface area contributed by atoms with Crippen molar-refractivity contribution in [3.05, 3.63) is 126 Å². The Balaban J connectivity index is 0.000000285. The maximum atomic E-state index is 14.9. The summed E-state index contributed by atoms with van der Waals surface area (Å²) in [5.74, 6) is 0.911. The Morgan fingerprint density at radius 3 is 2.25 bits per heavy atom. The molecule has 3 saturated heterocycles. The Kier molecular flexibility index (Phi) is 23.1. The molecular weight excluding hydrogens is 871 g/mol. The second-order valence-corrected chi connectivity index (χ2v) is 17.6. The summed E-state index contributed by atoms with van der Waals surface area (Å²) in [6.07, 6.45) is 19.7. The van der Waals surface area contributed by atoms with Crippen LogP contribution >= 0.6 is 0 Å². The van der Waals surface area contributed by atoms with Gasteiger partial charge in [0, 0.05) is 75.4 Å². The molecule has 1 amide bonds. The van der Waals surface area contributed by atoms with Crippen molar-refractivity contribution in [3.8, 4) is 5.69 Å². The first-order chi connectivity index (χ1) is 31.5. The Hall–Kier alpha value is -4.02. The molecule has 12 nitrogen and oxygen atoms in total. The van der Waals surface area contributed by atoms with Gasteiger partial charge >= 0.3 is 51.4 Å². The van der Waals surface area contributed by atoms with Crippen molar-refractivity contribution in [2.75, 3.05) is 74.9 Å². The van der Waals surface area contributed by atoms with Gasteiger partial charge in [0.05, 0.1) is 12.2 Å². The van der Waals surface area contributed by atoms with E-state index in [-0.39, 0.29) is 100 Å². The van der Waals surface area contributed by atoms with Crippen molar-refractivity contribution in [1.29, 1.82) is 0 Å². The third-order valence-corrected chi connectivity index (χ3v) is 13.0. The van der Waals surface area contributed by atoms with Crippen molar-refractivity contribution >= 4 is 40.6 Å². The number of carbonyl (C=O) groups is 3. The predicted octanol–water partition coefficient (Wildman–Crippen LogP) is 5.24. The minimum atomic E-state index is -0.514. The SMILES string of the molecule is CCCC(CCC)CN1CCN(c2ccc(NC3CCC(=O)CNC3=O)cc2F)CC1.CNc1ccn(-c2ccn[c-]c2C=[C-]C(C)N2CCC(c3ccc(C(C)=O)cc3)CC2)c(=O)c1.[CH3-].[K+]. The number of Topliss-reactive ketones (excluding diaryl/α,β-unsaturated/α-hetero) is 2. The first-order valence-electron chi connectivity index (χ1n) is 23.5. The van der Waals surface area contributed by atoms with Gasteiger partial charge in [-0.15, -0.1) is 18.0 Å². The molecule has 7 rings (SSSR count). The van der Waals surface area contributed by atoms with Crippen LogP contribution in [0.4, 0.5) is 21.5 Å². The maximum absolute atomic E-state index is 14.9. The predicted molar refractivity (Wildman–Crippen MR) is 265 cm³/mol. The molecule has 5 heterocycles. The Morgan fingerprint density at radius 2 is 1.63 bits per heavy atom. The summed E-state index contributed by atoms with van der Waals surface area (Å²) in [6.45, 7) is 15.0. The number of anilines is 3. The number of hydrogen-bond donors (Lipinski definition) is 3. The smallest absolute Gasteiger partial charge is 0.388 e. The number of halogens is 1. The van der Waals surface area contributed by atoms with E-state index >= 15 is 0 Å². The number of pyridine rings is 2. The molecule has 3 aliphatic heterocycles. The molecule has 4 aromatic rings. The average Bonchev–Trinajstić information content (AvgIpc) is 3.47. The Bertz CT molecular complexity index is 2280. The number of hydrogen-bond acceptors (Lipinski definition) is 10. The van der Waals surface area contributed by atoms with Crippen LogP contribution in [-0.2, 0) is 9.59 Å². The summed E-state index contributed by atoms with van der Waals surface area (Å²) in [5.41, 5.74) is 5.37. The van der Waals surface area contributed by atoms with Crippen LogP contribution in [0.3, 0.4) is 0 Å². The molecule has 2 aromatic heterocycles. The van der Waals surface area contributed by atoms with Crippen molar-refractivity contribution in [1.82, 2.24) is 24.7 Å². The minimum Gasteiger partial charge on any atom is -0.388 e. The zero-order valence-electron chi connectivity index (χ0n) is 40.9. The third kappa shape index (κ3) is 16.0. The van der Waals surface area contributed by atoms with Gasteiger partial charge in [0.2, 0.25) is 11.5 Å². The van der Waals surface area contributed by atoms with Gasteiger partial charge in [-0.3, -0.25) is 29.6 Å². The van der Waals surface area contributed by atoms with Gasteiger partial charge in [0.1, 0.15) is 11.9 Å². The Labute approximate surface area is 441 Å². The second kappa shape index (κ2) is 27.8. The first kappa shape index (κ1) is 55.6. The van der Waals surface area contributed by atoms with Gasteiger partial charge in [-0.1, -0.05) is 70.1 Å². The van der Waals surface area contributed by atoms with Crippen molar-refractivity contribution in [2.24, 2.45) is 5.92 Å². The number of piperazine rings is 1. The third-order valence-electron chi connectivity index (χ3n) is 13.0. The van der Waals surface area contributed by atoms with E-state index in [0.717, 1.165) is 87.1 Å². The average molecular weight is 941 g/mol. The molecule has 67 heavy (non-hydrogen) atoms. The summed E-state index contributed by atoms with van der Waals surface area (Å²) in [7, 11) is 1.79. The van der Waals surface area contributed by atoms with E-state index in [1.165, 1.54) is 37.3 Å². The van der Waals surface area contributed by atoms with Gasteiger partial charge in [-0.05, 0) is 93.8 Å². The standard InChI is InChI=1S/C28H30N4O2.C24H37FN4O2.CH3.K/c1-20(31-15-11-24(12-16-31)23-8-6-22(7-9-23)21(2)33)4-5-25-19-30-14-10-27(25)32-17-13-26(29-3)18-28(32)34;1-3-5-18(6-4-2)17-28-11-13-29(14-12-28)23-10-7-19(15-21(23)25)27-22-9-8-20(30)16-26-24(22)31;;/h5-10,13-14,17-18,20,24,29H,11-12,15-16H2,1-3H3;7,10,15,18,22,27H,3-6,8-9,11-14,16-17H2,1-2H3,(H,26,31);1H3;/q-2;;-1;+1. The summed E-state index contributed by atoms with van der Waals surface area (Å²) < 4.78 is 16.5. The number of likely N-dealkylation sites (tertiary alicyclic amines) is 1. The minimum absolute atomic E-state index is 0. The molecule has 0 radical (unpaired) electrons. The fourth-order valence-electron chi connectivity index (χ4n) is 9.14. The number of ketones is 2. The second-order valence-electron chi connectivity index (χ2n) is 17.6. The van der Waals surface area contributed by atoms with Crippen LogP contribution < -0.4 is 77.8 Å².